The number of hydrogen-bond donors (Lipinski definition) is 1. The summed E-state index contributed by atoms with van der Waals surface area (Å²) in [7, 11) is 2.12. The second-order valence-electron chi connectivity index (χ2n) is 5.69. The van der Waals surface area contributed by atoms with E-state index in [9.17, 15) is 0 Å². The Kier molecular flexibility index (Phi) is 4.26. The summed E-state index contributed by atoms with van der Waals surface area (Å²) in [6.45, 7) is 6.87. The normalized spacial score (nSPS) is 27.1. The molecular formula is C15H25NS. The SMILES string of the molecule is CNC(c1sc(C)cc1C)C1CCC(C)CC1. The minimum absolute atomic E-state index is 0.584. The lowest BCUT2D eigenvalue weighted by Gasteiger charge is -2.32. The van der Waals surface area contributed by atoms with E-state index in [-0.39, 0.29) is 0 Å². The minimum atomic E-state index is 0.584. The maximum atomic E-state index is 3.57. The quantitative estimate of drug-likeness (QED) is 0.837. The summed E-state index contributed by atoms with van der Waals surface area (Å²) in [6, 6.07) is 2.91. The predicted molar refractivity (Wildman–Crippen MR) is 76.7 cm³/mol. The zero-order valence-corrected chi connectivity index (χ0v) is 12.4. The first-order chi connectivity index (χ1) is 8.11. The Morgan fingerprint density at radius 3 is 2.35 bits per heavy atom. The van der Waals surface area contributed by atoms with Gasteiger partial charge in [0, 0.05) is 15.8 Å². The first kappa shape index (κ1) is 13.1. The summed E-state index contributed by atoms with van der Waals surface area (Å²) < 4.78 is 0. The first-order valence-electron chi connectivity index (χ1n) is 6.86. The summed E-state index contributed by atoms with van der Waals surface area (Å²) in [4.78, 5) is 3.02. The maximum Gasteiger partial charge on any atom is 0.0443 e. The highest BCUT2D eigenvalue weighted by Gasteiger charge is 2.28. The molecule has 1 aromatic rings. The second-order valence-corrected chi connectivity index (χ2v) is 6.98. The van der Waals surface area contributed by atoms with Crippen molar-refractivity contribution in [3.05, 3.63) is 21.4 Å². The molecule has 1 unspecified atom stereocenters. The van der Waals surface area contributed by atoms with E-state index in [0.717, 1.165) is 11.8 Å². The maximum absolute atomic E-state index is 3.57. The van der Waals surface area contributed by atoms with Crippen LogP contribution in [0.25, 0.3) is 0 Å². The van der Waals surface area contributed by atoms with Crippen molar-refractivity contribution in [1.82, 2.24) is 5.32 Å². The van der Waals surface area contributed by atoms with Gasteiger partial charge in [-0.1, -0.05) is 19.8 Å². The molecule has 0 amide bonds. The Balaban J connectivity index is 2.13. The average Bonchev–Trinajstić information content (AvgIpc) is 2.62. The van der Waals surface area contributed by atoms with Crippen LogP contribution in [0.4, 0.5) is 0 Å². The molecule has 0 bridgehead atoms. The van der Waals surface area contributed by atoms with Crippen LogP contribution in [0.2, 0.25) is 0 Å². The number of rotatable bonds is 3. The Bertz CT molecular complexity index is 361. The van der Waals surface area contributed by atoms with Crippen molar-refractivity contribution in [2.75, 3.05) is 7.05 Å². The van der Waals surface area contributed by atoms with Gasteiger partial charge >= 0.3 is 0 Å². The Labute approximate surface area is 110 Å². The van der Waals surface area contributed by atoms with Crippen molar-refractivity contribution < 1.29 is 0 Å². The zero-order chi connectivity index (χ0) is 12.4. The smallest absolute Gasteiger partial charge is 0.0443 e. The molecule has 0 radical (unpaired) electrons. The van der Waals surface area contributed by atoms with E-state index < -0.39 is 0 Å². The van der Waals surface area contributed by atoms with Gasteiger partial charge in [-0.25, -0.2) is 0 Å². The molecule has 1 atom stereocenters. The molecular weight excluding hydrogens is 226 g/mol. The van der Waals surface area contributed by atoms with Crippen LogP contribution in [0.15, 0.2) is 6.07 Å². The molecule has 1 aromatic heterocycles. The summed E-state index contributed by atoms with van der Waals surface area (Å²) in [6.07, 6.45) is 5.60. The Morgan fingerprint density at radius 2 is 1.88 bits per heavy atom. The first-order valence-corrected chi connectivity index (χ1v) is 7.67. The lowest BCUT2D eigenvalue weighted by Crippen LogP contribution is -2.28. The largest absolute Gasteiger partial charge is 0.312 e. The minimum Gasteiger partial charge on any atom is -0.312 e. The highest BCUT2D eigenvalue weighted by atomic mass is 32.1. The van der Waals surface area contributed by atoms with Crippen molar-refractivity contribution in [2.45, 2.75) is 52.5 Å². The fourth-order valence-electron chi connectivity index (χ4n) is 3.17. The number of thiophene rings is 1. The molecule has 1 fully saturated rings. The van der Waals surface area contributed by atoms with Crippen LogP contribution in [0, 0.1) is 25.7 Å². The molecule has 0 saturated heterocycles. The summed E-state index contributed by atoms with van der Waals surface area (Å²) >= 11 is 1.98. The van der Waals surface area contributed by atoms with Crippen LogP contribution in [0.3, 0.4) is 0 Å². The van der Waals surface area contributed by atoms with Crippen LogP contribution >= 0.6 is 11.3 Å². The summed E-state index contributed by atoms with van der Waals surface area (Å²) in [5.41, 5.74) is 1.48. The highest BCUT2D eigenvalue weighted by molar-refractivity contribution is 7.12. The molecule has 1 aliphatic rings. The standard InChI is InChI=1S/C15H25NS/c1-10-5-7-13(8-6-10)14(16-4)15-11(2)9-12(3)17-15/h9-10,13-14,16H,5-8H2,1-4H3. The fraction of sp³-hybridized carbons (Fsp3) is 0.733. The molecule has 96 valence electrons. The van der Waals surface area contributed by atoms with E-state index in [2.05, 4.69) is 39.2 Å². The van der Waals surface area contributed by atoms with Crippen molar-refractivity contribution in [1.29, 1.82) is 0 Å². The average molecular weight is 251 g/mol. The molecule has 1 heterocycles. The Hall–Kier alpha value is -0.340. The predicted octanol–water partition coefficient (Wildman–Crippen LogP) is 4.45. The molecule has 1 aliphatic carbocycles. The molecule has 0 aromatic carbocycles. The molecule has 2 heteroatoms. The third-order valence-corrected chi connectivity index (χ3v) is 5.44. The zero-order valence-electron chi connectivity index (χ0n) is 11.5. The highest BCUT2D eigenvalue weighted by Crippen LogP contribution is 2.39. The van der Waals surface area contributed by atoms with Crippen LogP contribution in [-0.4, -0.2) is 7.05 Å². The Morgan fingerprint density at radius 1 is 1.24 bits per heavy atom. The second kappa shape index (κ2) is 5.53. The van der Waals surface area contributed by atoms with E-state index in [1.165, 1.54) is 36.1 Å². The lowest BCUT2D eigenvalue weighted by molar-refractivity contribution is 0.239. The molecule has 1 saturated carbocycles. The molecule has 0 spiro atoms. The van der Waals surface area contributed by atoms with E-state index >= 15 is 0 Å². The van der Waals surface area contributed by atoms with Gasteiger partial charge in [0.05, 0.1) is 0 Å². The number of hydrogen-bond acceptors (Lipinski definition) is 2. The van der Waals surface area contributed by atoms with E-state index in [1.807, 2.05) is 11.3 Å². The van der Waals surface area contributed by atoms with Gasteiger partial charge in [-0.2, -0.15) is 0 Å². The van der Waals surface area contributed by atoms with Crippen molar-refractivity contribution in [2.24, 2.45) is 11.8 Å². The summed E-state index contributed by atoms with van der Waals surface area (Å²) in [5.74, 6) is 1.78. The number of aryl methyl sites for hydroxylation is 2. The van der Waals surface area contributed by atoms with Crippen molar-refractivity contribution in [3.8, 4) is 0 Å². The van der Waals surface area contributed by atoms with Crippen molar-refractivity contribution in [3.63, 3.8) is 0 Å². The van der Waals surface area contributed by atoms with Crippen LogP contribution in [-0.2, 0) is 0 Å². The molecule has 17 heavy (non-hydrogen) atoms. The molecule has 0 aliphatic heterocycles. The van der Waals surface area contributed by atoms with Gasteiger partial charge in [0.15, 0.2) is 0 Å². The van der Waals surface area contributed by atoms with Gasteiger partial charge in [-0.05, 0) is 57.2 Å². The van der Waals surface area contributed by atoms with Crippen molar-refractivity contribution >= 4 is 11.3 Å². The molecule has 1 nitrogen and oxygen atoms in total. The molecule has 2 rings (SSSR count). The summed E-state index contributed by atoms with van der Waals surface area (Å²) in [5, 5.41) is 3.57. The van der Waals surface area contributed by atoms with Crippen LogP contribution < -0.4 is 5.32 Å². The van der Waals surface area contributed by atoms with Gasteiger partial charge in [0.1, 0.15) is 0 Å². The molecule has 1 N–H and O–H groups in total. The monoisotopic (exact) mass is 251 g/mol. The van der Waals surface area contributed by atoms with Gasteiger partial charge in [0.2, 0.25) is 0 Å². The van der Waals surface area contributed by atoms with Crippen LogP contribution in [0.5, 0.6) is 0 Å². The topological polar surface area (TPSA) is 12.0 Å². The van der Waals surface area contributed by atoms with Gasteiger partial charge in [0.25, 0.3) is 0 Å². The van der Waals surface area contributed by atoms with E-state index in [1.54, 1.807) is 4.88 Å². The fourth-order valence-corrected chi connectivity index (χ4v) is 4.41. The number of nitrogens with one attached hydrogen (secondary N) is 1. The third-order valence-electron chi connectivity index (χ3n) is 4.20. The van der Waals surface area contributed by atoms with E-state index in [4.69, 9.17) is 0 Å². The van der Waals surface area contributed by atoms with Gasteiger partial charge in [-0.15, -0.1) is 11.3 Å². The lowest BCUT2D eigenvalue weighted by atomic mass is 9.78. The van der Waals surface area contributed by atoms with Gasteiger partial charge < -0.3 is 5.32 Å². The third kappa shape index (κ3) is 2.92. The van der Waals surface area contributed by atoms with E-state index in [0.29, 0.717) is 6.04 Å². The van der Waals surface area contributed by atoms with Gasteiger partial charge in [-0.3, -0.25) is 0 Å². The van der Waals surface area contributed by atoms with Crippen LogP contribution in [0.1, 0.15) is 54.0 Å².